The maximum Gasteiger partial charge on any atom is 0.293 e. The van der Waals surface area contributed by atoms with Crippen molar-refractivity contribution < 1.29 is 19.2 Å². The summed E-state index contributed by atoms with van der Waals surface area (Å²) < 4.78 is 5.29. The molecule has 174 valence electrons. The summed E-state index contributed by atoms with van der Waals surface area (Å²) in [5.74, 6) is 0.0226. The van der Waals surface area contributed by atoms with Crippen LogP contribution in [0.3, 0.4) is 0 Å². The van der Waals surface area contributed by atoms with Crippen LogP contribution in [-0.4, -0.2) is 61.0 Å². The number of nitro groups is 1. The van der Waals surface area contributed by atoms with Crippen LogP contribution in [0.15, 0.2) is 42.5 Å². The Balaban J connectivity index is 1.50. The minimum absolute atomic E-state index is 0.0755. The van der Waals surface area contributed by atoms with Crippen molar-refractivity contribution in [1.29, 1.82) is 0 Å². The predicted octanol–water partition coefficient (Wildman–Crippen LogP) is 3.56. The van der Waals surface area contributed by atoms with Gasteiger partial charge in [0.1, 0.15) is 5.69 Å². The second kappa shape index (κ2) is 9.99. The largest absolute Gasteiger partial charge is 0.378 e. The van der Waals surface area contributed by atoms with Crippen LogP contribution in [0.25, 0.3) is 0 Å². The molecule has 2 amide bonds. The van der Waals surface area contributed by atoms with Gasteiger partial charge in [0.25, 0.3) is 17.5 Å². The Morgan fingerprint density at radius 3 is 2.45 bits per heavy atom. The number of nitro benzene ring substituents is 1. The molecule has 0 unspecified atom stereocenters. The molecule has 0 saturated carbocycles. The van der Waals surface area contributed by atoms with Gasteiger partial charge in [-0.05, 0) is 49.1 Å². The number of benzene rings is 2. The van der Waals surface area contributed by atoms with Gasteiger partial charge in [-0.15, -0.1) is 0 Å². The molecule has 0 spiro atoms. The van der Waals surface area contributed by atoms with Crippen LogP contribution in [0.4, 0.5) is 17.1 Å². The Morgan fingerprint density at radius 2 is 1.76 bits per heavy atom. The van der Waals surface area contributed by atoms with Gasteiger partial charge in [-0.25, -0.2) is 0 Å². The van der Waals surface area contributed by atoms with E-state index in [4.69, 9.17) is 4.74 Å². The van der Waals surface area contributed by atoms with E-state index >= 15 is 0 Å². The van der Waals surface area contributed by atoms with Gasteiger partial charge in [-0.1, -0.05) is 13.0 Å². The van der Waals surface area contributed by atoms with E-state index in [9.17, 15) is 19.7 Å². The van der Waals surface area contributed by atoms with Crippen LogP contribution in [-0.2, 0) is 4.74 Å². The fourth-order valence-corrected chi connectivity index (χ4v) is 4.21. The maximum absolute atomic E-state index is 12.8. The molecule has 2 fully saturated rings. The molecule has 9 heteroatoms. The molecule has 9 nitrogen and oxygen atoms in total. The summed E-state index contributed by atoms with van der Waals surface area (Å²) in [7, 11) is 0. The van der Waals surface area contributed by atoms with Crippen LogP contribution in [0.5, 0.6) is 0 Å². The van der Waals surface area contributed by atoms with Crippen LogP contribution >= 0.6 is 0 Å². The number of carbonyl (C=O) groups is 2. The molecule has 0 aliphatic carbocycles. The summed E-state index contributed by atoms with van der Waals surface area (Å²) in [5, 5.41) is 14.5. The van der Waals surface area contributed by atoms with Gasteiger partial charge in [0.2, 0.25) is 0 Å². The number of hydrogen-bond donors (Lipinski definition) is 1. The first kappa shape index (κ1) is 22.7. The van der Waals surface area contributed by atoms with Crippen LogP contribution < -0.4 is 10.2 Å². The van der Waals surface area contributed by atoms with E-state index < -0.39 is 10.8 Å². The highest BCUT2D eigenvalue weighted by atomic mass is 16.6. The zero-order chi connectivity index (χ0) is 23.4. The third-order valence-corrected chi connectivity index (χ3v) is 6.22. The van der Waals surface area contributed by atoms with E-state index in [0.717, 1.165) is 25.9 Å². The van der Waals surface area contributed by atoms with Crippen molar-refractivity contribution in [3.63, 3.8) is 0 Å². The Hall–Kier alpha value is -3.46. The topological polar surface area (TPSA) is 105 Å². The highest BCUT2D eigenvalue weighted by Crippen LogP contribution is 2.32. The lowest BCUT2D eigenvalue weighted by atomic mass is 9.98. The van der Waals surface area contributed by atoms with E-state index in [1.165, 1.54) is 6.07 Å². The minimum Gasteiger partial charge on any atom is -0.378 e. The molecule has 4 rings (SSSR count). The second-order valence-electron chi connectivity index (χ2n) is 8.57. The summed E-state index contributed by atoms with van der Waals surface area (Å²) in [6, 6.07) is 11.3. The number of anilines is 2. The van der Waals surface area contributed by atoms with E-state index in [-0.39, 0.29) is 17.2 Å². The molecule has 2 aliphatic rings. The van der Waals surface area contributed by atoms with Gasteiger partial charge in [0, 0.05) is 49.1 Å². The van der Waals surface area contributed by atoms with Gasteiger partial charge in [0.15, 0.2) is 0 Å². The first-order chi connectivity index (χ1) is 15.9. The van der Waals surface area contributed by atoms with Crippen molar-refractivity contribution in [2.75, 3.05) is 49.6 Å². The standard InChI is InChI=1S/C24H28N4O5/c1-17-7-9-26(10-8-17)21-6-5-18(16-22(21)28(31)32)23(29)25-20-4-2-3-19(15-20)24(30)27-11-13-33-14-12-27/h2-6,15-17H,7-14H2,1H3,(H,25,29). The van der Waals surface area contributed by atoms with E-state index in [2.05, 4.69) is 12.2 Å². The van der Waals surface area contributed by atoms with E-state index in [1.54, 1.807) is 41.3 Å². The zero-order valence-corrected chi connectivity index (χ0v) is 18.7. The number of hydrogen-bond acceptors (Lipinski definition) is 6. The molecule has 2 aliphatic heterocycles. The number of amides is 2. The smallest absolute Gasteiger partial charge is 0.293 e. The van der Waals surface area contributed by atoms with Gasteiger partial charge in [-0.3, -0.25) is 19.7 Å². The normalized spacial score (nSPS) is 17.0. The van der Waals surface area contributed by atoms with Crippen LogP contribution in [0, 0.1) is 16.0 Å². The molecular formula is C24H28N4O5. The molecule has 33 heavy (non-hydrogen) atoms. The quantitative estimate of drug-likeness (QED) is 0.549. The lowest BCUT2D eigenvalue weighted by molar-refractivity contribution is -0.384. The minimum atomic E-state index is -0.465. The predicted molar refractivity (Wildman–Crippen MR) is 125 cm³/mol. The molecule has 2 heterocycles. The number of piperidine rings is 1. The number of ether oxygens (including phenoxy) is 1. The average molecular weight is 453 g/mol. The lowest BCUT2D eigenvalue weighted by Gasteiger charge is -2.31. The van der Waals surface area contributed by atoms with Crippen LogP contribution in [0.2, 0.25) is 0 Å². The van der Waals surface area contributed by atoms with Gasteiger partial charge in [0.05, 0.1) is 18.1 Å². The number of nitrogens with zero attached hydrogens (tertiary/aromatic N) is 3. The second-order valence-corrected chi connectivity index (χ2v) is 8.57. The molecule has 1 N–H and O–H groups in total. The summed E-state index contributed by atoms with van der Waals surface area (Å²) in [6.07, 6.45) is 1.97. The van der Waals surface area contributed by atoms with Crippen molar-refractivity contribution in [2.45, 2.75) is 19.8 Å². The van der Waals surface area contributed by atoms with Gasteiger partial charge in [-0.2, -0.15) is 0 Å². The summed E-state index contributed by atoms with van der Waals surface area (Å²) in [6.45, 7) is 5.78. The van der Waals surface area contributed by atoms with E-state index in [1.807, 2.05) is 4.90 Å². The first-order valence-corrected chi connectivity index (χ1v) is 11.2. The van der Waals surface area contributed by atoms with Crippen molar-refractivity contribution >= 4 is 28.9 Å². The molecule has 2 aromatic carbocycles. The molecular weight excluding hydrogens is 424 g/mol. The fourth-order valence-electron chi connectivity index (χ4n) is 4.21. The molecule has 2 aromatic rings. The summed E-state index contributed by atoms with van der Waals surface area (Å²) in [5.41, 5.74) is 1.59. The average Bonchev–Trinajstić information content (AvgIpc) is 2.84. The van der Waals surface area contributed by atoms with Crippen molar-refractivity contribution in [3.8, 4) is 0 Å². The van der Waals surface area contributed by atoms with Crippen molar-refractivity contribution in [2.24, 2.45) is 5.92 Å². The Bertz CT molecular complexity index is 1040. The third-order valence-electron chi connectivity index (χ3n) is 6.22. The maximum atomic E-state index is 12.8. The molecule has 0 aromatic heterocycles. The molecule has 0 bridgehead atoms. The number of morpholine rings is 1. The monoisotopic (exact) mass is 452 g/mol. The molecule has 0 atom stereocenters. The Morgan fingerprint density at radius 1 is 1.03 bits per heavy atom. The SMILES string of the molecule is CC1CCN(c2ccc(C(=O)Nc3cccc(C(=O)N4CCOCC4)c3)cc2[N+](=O)[O-])CC1. The summed E-state index contributed by atoms with van der Waals surface area (Å²) in [4.78, 5) is 40.6. The summed E-state index contributed by atoms with van der Waals surface area (Å²) >= 11 is 0. The highest BCUT2D eigenvalue weighted by molar-refractivity contribution is 6.06. The molecule has 2 saturated heterocycles. The van der Waals surface area contributed by atoms with Gasteiger partial charge >= 0.3 is 0 Å². The lowest BCUT2D eigenvalue weighted by Crippen LogP contribution is -2.40. The number of carbonyl (C=O) groups excluding carboxylic acids is 2. The molecule has 0 radical (unpaired) electrons. The number of nitrogens with one attached hydrogen (secondary N) is 1. The zero-order valence-electron chi connectivity index (χ0n) is 18.7. The highest BCUT2D eigenvalue weighted by Gasteiger charge is 2.25. The Labute approximate surface area is 192 Å². The van der Waals surface area contributed by atoms with Crippen molar-refractivity contribution in [3.05, 3.63) is 63.7 Å². The van der Waals surface area contributed by atoms with Crippen LogP contribution in [0.1, 0.15) is 40.5 Å². The van der Waals surface area contributed by atoms with Gasteiger partial charge < -0.3 is 19.9 Å². The fraction of sp³-hybridized carbons (Fsp3) is 0.417. The third kappa shape index (κ3) is 5.31. The Kier molecular flexibility index (Phi) is 6.88. The first-order valence-electron chi connectivity index (χ1n) is 11.2. The van der Waals surface area contributed by atoms with Crippen molar-refractivity contribution in [1.82, 2.24) is 4.90 Å². The van der Waals surface area contributed by atoms with E-state index in [0.29, 0.717) is 49.2 Å². The number of rotatable bonds is 5.